The molecule has 0 bridgehead atoms. The van der Waals surface area contributed by atoms with Crippen LogP contribution in [-0.2, 0) is 9.53 Å². The van der Waals surface area contributed by atoms with E-state index in [0.29, 0.717) is 13.0 Å². The zero-order valence-corrected chi connectivity index (χ0v) is 14.8. The van der Waals surface area contributed by atoms with Crippen molar-refractivity contribution in [3.63, 3.8) is 0 Å². The summed E-state index contributed by atoms with van der Waals surface area (Å²) in [7, 11) is 0. The van der Waals surface area contributed by atoms with Gasteiger partial charge in [-0.15, -0.1) is 5.73 Å². The quantitative estimate of drug-likeness (QED) is 0.530. The summed E-state index contributed by atoms with van der Waals surface area (Å²) >= 11 is 0. The number of rotatable bonds is 5. The molecule has 1 aliphatic carbocycles. The fraction of sp³-hybridized carbons (Fsp3) is 0.364. The molecule has 1 aromatic carbocycles. The summed E-state index contributed by atoms with van der Waals surface area (Å²) in [4.78, 5) is 11.4. The van der Waals surface area contributed by atoms with Crippen molar-refractivity contribution in [3.05, 3.63) is 71.0 Å². The highest BCUT2D eigenvalue weighted by molar-refractivity contribution is 5.71. The third kappa shape index (κ3) is 6.06. The summed E-state index contributed by atoms with van der Waals surface area (Å²) in [6.45, 7) is 6.79. The number of carbonyl (C=O) groups is 1. The number of esters is 1. The third-order valence-corrected chi connectivity index (χ3v) is 3.86. The van der Waals surface area contributed by atoms with Crippen molar-refractivity contribution in [2.45, 2.75) is 40.0 Å². The molecular formula is C22H26O2. The minimum atomic E-state index is -0.177. The topological polar surface area (TPSA) is 26.3 Å². The molecule has 0 aromatic heterocycles. The van der Waals surface area contributed by atoms with E-state index < -0.39 is 0 Å². The first-order valence-electron chi connectivity index (χ1n) is 8.52. The van der Waals surface area contributed by atoms with Gasteiger partial charge in [-0.2, -0.15) is 0 Å². The summed E-state index contributed by atoms with van der Waals surface area (Å²) < 4.78 is 4.95. The Hall–Kier alpha value is -2.31. The Labute approximate surface area is 145 Å². The molecule has 0 saturated heterocycles. The van der Waals surface area contributed by atoms with Crippen molar-refractivity contribution in [2.75, 3.05) is 6.61 Å². The van der Waals surface area contributed by atoms with Crippen LogP contribution in [0.5, 0.6) is 0 Å². The molecule has 0 amide bonds. The predicted molar refractivity (Wildman–Crippen MR) is 99.4 cm³/mol. The zero-order chi connectivity index (χ0) is 17.4. The van der Waals surface area contributed by atoms with Crippen LogP contribution in [0.3, 0.4) is 0 Å². The third-order valence-electron chi connectivity index (χ3n) is 3.86. The van der Waals surface area contributed by atoms with E-state index in [1.54, 1.807) is 0 Å². The number of ether oxygens (including phenoxy) is 1. The van der Waals surface area contributed by atoms with E-state index in [1.165, 1.54) is 11.1 Å². The second-order valence-electron chi connectivity index (χ2n) is 6.87. The van der Waals surface area contributed by atoms with Gasteiger partial charge in [0.05, 0.1) is 13.0 Å². The van der Waals surface area contributed by atoms with Gasteiger partial charge in [-0.25, -0.2) is 0 Å². The lowest BCUT2D eigenvalue weighted by molar-refractivity contribution is -0.142. The van der Waals surface area contributed by atoms with Crippen molar-refractivity contribution in [2.24, 2.45) is 5.41 Å². The first kappa shape index (κ1) is 18.0. The zero-order valence-electron chi connectivity index (χ0n) is 14.8. The molecule has 2 nitrogen and oxygen atoms in total. The monoisotopic (exact) mass is 322 g/mol. The Bertz CT molecular complexity index is 684. The molecule has 2 rings (SSSR count). The smallest absolute Gasteiger partial charge is 0.309 e. The number of benzene rings is 1. The Morgan fingerprint density at radius 3 is 2.71 bits per heavy atom. The second-order valence-corrected chi connectivity index (χ2v) is 6.87. The summed E-state index contributed by atoms with van der Waals surface area (Å²) in [5.41, 5.74) is 7.22. The first-order chi connectivity index (χ1) is 11.5. The molecule has 0 radical (unpaired) electrons. The van der Waals surface area contributed by atoms with Crippen molar-refractivity contribution in [1.29, 1.82) is 0 Å². The molecule has 0 atom stereocenters. The molecule has 0 heterocycles. The van der Waals surface area contributed by atoms with E-state index in [2.05, 4.69) is 37.8 Å². The van der Waals surface area contributed by atoms with Crippen LogP contribution in [0.1, 0.15) is 45.6 Å². The van der Waals surface area contributed by atoms with E-state index >= 15 is 0 Å². The number of allylic oxidation sites excluding steroid dienone is 4. The van der Waals surface area contributed by atoms with Gasteiger partial charge in [0.2, 0.25) is 0 Å². The highest BCUT2D eigenvalue weighted by atomic mass is 16.5. The van der Waals surface area contributed by atoms with Gasteiger partial charge in [0.15, 0.2) is 0 Å². The molecule has 24 heavy (non-hydrogen) atoms. The minimum absolute atomic E-state index is 0.177. The Morgan fingerprint density at radius 1 is 1.25 bits per heavy atom. The molecule has 0 fully saturated rings. The Balaban J connectivity index is 2.15. The Kier molecular flexibility index (Phi) is 6.40. The fourth-order valence-electron chi connectivity index (χ4n) is 2.91. The lowest BCUT2D eigenvalue weighted by atomic mass is 9.75. The summed E-state index contributed by atoms with van der Waals surface area (Å²) in [6, 6.07) is 10.2. The van der Waals surface area contributed by atoms with Gasteiger partial charge in [-0.1, -0.05) is 56.3 Å². The second kappa shape index (κ2) is 8.52. The van der Waals surface area contributed by atoms with Crippen molar-refractivity contribution < 1.29 is 9.53 Å². The summed E-state index contributed by atoms with van der Waals surface area (Å²) in [5, 5.41) is 0. The molecule has 1 aliphatic rings. The van der Waals surface area contributed by atoms with E-state index in [1.807, 2.05) is 43.4 Å². The molecule has 2 heteroatoms. The molecule has 0 unspecified atom stereocenters. The Morgan fingerprint density at radius 2 is 2.00 bits per heavy atom. The van der Waals surface area contributed by atoms with Crippen LogP contribution in [0.2, 0.25) is 0 Å². The maximum Gasteiger partial charge on any atom is 0.309 e. The number of hydrogen-bond acceptors (Lipinski definition) is 2. The molecular weight excluding hydrogens is 296 g/mol. The predicted octanol–water partition coefficient (Wildman–Crippen LogP) is 5.48. The molecule has 126 valence electrons. The summed E-state index contributed by atoms with van der Waals surface area (Å²) in [6.07, 6.45) is 10.5. The van der Waals surface area contributed by atoms with E-state index in [4.69, 9.17) is 4.74 Å². The van der Waals surface area contributed by atoms with Crippen LogP contribution >= 0.6 is 0 Å². The largest absolute Gasteiger partial charge is 0.466 e. The molecule has 1 aromatic rings. The van der Waals surface area contributed by atoms with Crippen LogP contribution < -0.4 is 0 Å². The highest BCUT2D eigenvalue weighted by Crippen LogP contribution is 2.38. The van der Waals surface area contributed by atoms with E-state index in [0.717, 1.165) is 18.4 Å². The van der Waals surface area contributed by atoms with Crippen molar-refractivity contribution in [3.8, 4) is 0 Å². The van der Waals surface area contributed by atoms with E-state index in [9.17, 15) is 4.79 Å². The molecule has 0 spiro atoms. The minimum Gasteiger partial charge on any atom is -0.466 e. The van der Waals surface area contributed by atoms with Gasteiger partial charge in [-0.3, -0.25) is 4.79 Å². The van der Waals surface area contributed by atoms with Crippen LogP contribution in [0.15, 0.2) is 65.4 Å². The van der Waals surface area contributed by atoms with Crippen LogP contribution in [0.25, 0.3) is 6.08 Å². The average molecular weight is 322 g/mol. The van der Waals surface area contributed by atoms with Crippen molar-refractivity contribution >= 4 is 12.0 Å². The molecule has 0 aliphatic heterocycles. The maximum absolute atomic E-state index is 11.4. The fourth-order valence-corrected chi connectivity index (χ4v) is 2.91. The van der Waals surface area contributed by atoms with Gasteiger partial charge in [-0.05, 0) is 54.0 Å². The molecule has 0 N–H and O–H groups in total. The van der Waals surface area contributed by atoms with Gasteiger partial charge in [0, 0.05) is 0 Å². The maximum atomic E-state index is 11.4. The van der Waals surface area contributed by atoms with Crippen molar-refractivity contribution in [1.82, 2.24) is 0 Å². The number of hydrogen-bond donors (Lipinski definition) is 0. The van der Waals surface area contributed by atoms with Crippen LogP contribution in [-0.4, -0.2) is 12.6 Å². The van der Waals surface area contributed by atoms with Gasteiger partial charge >= 0.3 is 5.97 Å². The van der Waals surface area contributed by atoms with Gasteiger partial charge in [0.25, 0.3) is 0 Å². The highest BCUT2D eigenvalue weighted by Gasteiger charge is 2.24. The van der Waals surface area contributed by atoms with E-state index in [-0.39, 0.29) is 11.4 Å². The summed E-state index contributed by atoms with van der Waals surface area (Å²) in [5.74, 6) is -0.177. The SMILES string of the molecule is CCOC(=O)C/C=C/C1=CC(=C=Cc2ccccc2)CC(C)(C)C1. The van der Waals surface area contributed by atoms with Gasteiger partial charge < -0.3 is 4.74 Å². The van der Waals surface area contributed by atoms with Crippen LogP contribution in [0.4, 0.5) is 0 Å². The standard InChI is InChI=1S/C22H26O2/c1-4-24-21(23)12-8-11-19-15-20(17-22(2,3)16-19)14-13-18-9-6-5-7-10-18/h5-11,13,15H,4,12,16-17H2,1-3H3/b11-8+. The van der Waals surface area contributed by atoms with Gasteiger partial charge in [0.1, 0.15) is 0 Å². The first-order valence-corrected chi connectivity index (χ1v) is 8.52. The lowest BCUT2D eigenvalue weighted by Gasteiger charge is -2.29. The molecule has 0 saturated carbocycles. The normalized spacial score (nSPS) is 16.5. The van der Waals surface area contributed by atoms with Crippen LogP contribution in [0, 0.1) is 5.41 Å². The number of carbonyl (C=O) groups excluding carboxylic acids is 1. The average Bonchev–Trinajstić information content (AvgIpc) is 2.53. The lowest BCUT2D eigenvalue weighted by Crippen LogP contribution is -2.16.